The van der Waals surface area contributed by atoms with Gasteiger partial charge < -0.3 is 15.7 Å². The molecule has 4 heteroatoms. The van der Waals surface area contributed by atoms with Crippen molar-refractivity contribution in [2.24, 2.45) is 10.9 Å². The summed E-state index contributed by atoms with van der Waals surface area (Å²) in [5, 5.41) is 11.6. The maximum atomic E-state index is 8.62. The Morgan fingerprint density at radius 1 is 1.10 bits per heavy atom. The van der Waals surface area contributed by atoms with Crippen LogP contribution < -0.4 is 10.5 Å². The highest BCUT2D eigenvalue weighted by atomic mass is 16.5. The fourth-order valence-corrected chi connectivity index (χ4v) is 2.09. The minimum Gasteiger partial charge on any atom is -0.490 e. The molecule has 0 saturated carbocycles. The average molecular weight is 284 g/mol. The van der Waals surface area contributed by atoms with E-state index in [2.05, 4.69) is 17.3 Å². The molecule has 0 spiro atoms. The Balaban J connectivity index is 2.05. The first-order valence-corrected chi connectivity index (χ1v) is 7.01. The number of nitrogens with two attached hydrogens (primary N) is 1. The van der Waals surface area contributed by atoms with Crippen molar-refractivity contribution in [3.63, 3.8) is 0 Å². The maximum Gasteiger partial charge on any atom is 0.142 e. The molecule has 0 fully saturated rings. The van der Waals surface area contributed by atoms with Crippen LogP contribution in [0, 0.1) is 0 Å². The van der Waals surface area contributed by atoms with Crippen molar-refractivity contribution in [1.82, 2.24) is 0 Å². The lowest BCUT2D eigenvalue weighted by Crippen LogP contribution is -2.24. The summed E-state index contributed by atoms with van der Waals surface area (Å²) >= 11 is 0. The third-order valence-electron chi connectivity index (χ3n) is 3.28. The van der Waals surface area contributed by atoms with Crippen LogP contribution in [0.5, 0.6) is 5.75 Å². The highest BCUT2D eigenvalue weighted by molar-refractivity contribution is 5.80. The summed E-state index contributed by atoms with van der Waals surface area (Å²) in [4.78, 5) is 0. The molecular weight excluding hydrogens is 264 g/mol. The molecule has 0 saturated heterocycles. The van der Waals surface area contributed by atoms with Crippen LogP contribution in [0.4, 0.5) is 0 Å². The Bertz CT molecular complexity index is 579. The minimum absolute atomic E-state index is 0.0940. The molecule has 0 aliphatic rings. The van der Waals surface area contributed by atoms with E-state index >= 15 is 0 Å². The molecule has 4 nitrogen and oxygen atoms in total. The lowest BCUT2D eigenvalue weighted by molar-refractivity contribution is 0.202. The van der Waals surface area contributed by atoms with Gasteiger partial charge in [0, 0.05) is 6.42 Å². The number of ether oxygens (including phenoxy) is 1. The van der Waals surface area contributed by atoms with E-state index < -0.39 is 0 Å². The van der Waals surface area contributed by atoms with Crippen molar-refractivity contribution in [1.29, 1.82) is 0 Å². The Labute approximate surface area is 124 Å². The molecule has 1 atom stereocenters. The zero-order valence-electron chi connectivity index (χ0n) is 12.1. The van der Waals surface area contributed by atoms with Crippen LogP contribution in [0.2, 0.25) is 0 Å². The number of rotatable bonds is 6. The summed E-state index contributed by atoms with van der Waals surface area (Å²) in [6.07, 6.45) is 1.10. The van der Waals surface area contributed by atoms with E-state index in [-0.39, 0.29) is 11.9 Å². The summed E-state index contributed by atoms with van der Waals surface area (Å²) in [7, 11) is 0. The molecule has 3 N–H and O–H groups in total. The Kier molecular flexibility index (Phi) is 5.21. The normalized spacial score (nSPS) is 12.9. The summed E-state index contributed by atoms with van der Waals surface area (Å²) in [6.45, 7) is 2.01. The Hall–Kier alpha value is -2.49. The van der Waals surface area contributed by atoms with Crippen LogP contribution >= 0.6 is 0 Å². The van der Waals surface area contributed by atoms with Gasteiger partial charge in [0.2, 0.25) is 0 Å². The van der Waals surface area contributed by atoms with Gasteiger partial charge in [0.05, 0.1) is 0 Å². The zero-order valence-corrected chi connectivity index (χ0v) is 12.1. The highest BCUT2D eigenvalue weighted by Crippen LogP contribution is 2.23. The van der Waals surface area contributed by atoms with Crippen LogP contribution in [0.15, 0.2) is 59.8 Å². The summed E-state index contributed by atoms with van der Waals surface area (Å²) < 4.78 is 5.86. The van der Waals surface area contributed by atoms with Crippen molar-refractivity contribution >= 4 is 5.84 Å². The first-order valence-electron chi connectivity index (χ1n) is 7.01. The number of hydrogen-bond donors (Lipinski definition) is 2. The van der Waals surface area contributed by atoms with E-state index in [0.717, 1.165) is 17.7 Å². The molecule has 2 aromatic carbocycles. The molecule has 0 radical (unpaired) electrons. The van der Waals surface area contributed by atoms with Crippen molar-refractivity contribution in [3.8, 4) is 16.9 Å². The lowest BCUT2D eigenvalue weighted by atomic mass is 10.1. The third-order valence-corrected chi connectivity index (χ3v) is 3.28. The van der Waals surface area contributed by atoms with E-state index in [1.54, 1.807) is 0 Å². The highest BCUT2D eigenvalue weighted by Gasteiger charge is 2.11. The second kappa shape index (κ2) is 7.33. The lowest BCUT2D eigenvalue weighted by Gasteiger charge is -2.17. The number of amidine groups is 1. The van der Waals surface area contributed by atoms with Gasteiger partial charge in [-0.1, -0.05) is 54.5 Å². The van der Waals surface area contributed by atoms with E-state index in [1.807, 2.05) is 49.4 Å². The molecule has 0 aliphatic heterocycles. The SMILES string of the molecule is CCC(C/C(N)=N/O)Oc1ccc(-c2ccccc2)cc1. The minimum atomic E-state index is -0.0940. The second-order valence-electron chi connectivity index (χ2n) is 4.83. The van der Waals surface area contributed by atoms with E-state index in [9.17, 15) is 0 Å². The van der Waals surface area contributed by atoms with Gasteiger partial charge in [-0.2, -0.15) is 0 Å². The number of benzene rings is 2. The van der Waals surface area contributed by atoms with Crippen molar-refractivity contribution in [3.05, 3.63) is 54.6 Å². The monoisotopic (exact) mass is 284 g/mol. The quantitative estimate of drug-likeness (QED) is 0.368. The number of hydrogen-bond acceptors (Lipinski definition) is 3. The fourth-order valence-electron chi connectivity index (χ4n) is 2.09. The van der Waals surface area contributed by atoms with Gasteiger partial charge >= 0.3 is 0 Å². The molecule has 0 bridgehead atoms. The van der Waals surface area contributed by atoms with E-state index in [4.69, 9.17) is 15.7 Å². The van der Waals surface area contributed by atoms with Crippen molar-refractivity contribution in [2.75, 3.05) is 0 Å². The summed E-state index contributed by atoms with van der Waals surface area (Å²) in [5.41, 5.74) is 7.84. The molecule has 2 aromatic rings. The zero-order chi connectivity index (χ0) is 15.1. The molecule has 0 amide bonds. The van der Waals surface area contributed by atoms with Gasteiger partial charge in [0.15, 0.2) is 0 Å². The number of nitrogens with zero attached hydrogens (tertiary/aromatic N) is 1. The van der Waals surface area contributed by atoms with Gasteiger partial charge in [-0.05, 0) is 29.7 Å². The van der Waals surface area contributed by atoms with Crippen LogP contribution in [-0.2, 0) is 0 Å². The van der Waals surface area contributed by atoms with Crippen LogP contribution in [-0.4, -0.2) is 17.1 Å². The van der Waals surface area contributed by atoms with Gasteiger partial charge in [0.1, 0.15) is 17.7 Å². The third kappa shape index (κ3) is 4.24. The van der Waals surface area contributed by atoms with Gasteiger partial charge in [-0.15, -0.1) is 0 Å². The second-order valence-corrected chi connectivity index (χ2v) is 4.83. The predicted octanol–water partition coefficient (Wildman–Crippen LogP) is 3.65. The van der Waals surface area contributed by atoms with Gasteiger partial charge in [-0.25, -0.2) is 0 Å². The molecule has 21 heavy (non-hydrogen) atoms. The first-order chi connectivity index (χ1) is 10.2. The largest absolute Gasteiger partial charge is 0.490 e. The molecular formula is C17H20N2O2. The van der Waals surface area contributed by atoms with Gasteiger partial charge in [0.25, 0.3) is 0 Å². The van der Waals surface area contributed by atoms with Crippen molar-refractivity contribution < 1.29 is 9.94 Å². The molecule has 110 valence electrons. The predicted molar refractivity (Wildman–Crippen MR) is 84.6 cm³/mol. The molecule has 0 aromatic heterocycles. The molecule has 2 rings (SSSR count). The maximum absolute atomic E-state index is 8.62. The van der Waals surface area contributed by atoms with Crippen LogP contribution in [0.3, 0.4) is 0 Å². The van der Waals surface area contributed by atoms with Crippen LogP contribution in [0.1, 0.15) is 19.8 Å². The standard InChI is InChI=1S/C17H20N2O2/c1-2-15(12-17(18)19-20)21-16-10-8-14(9-11-16)13-6-4-3-5-7-13/h3-11,15,20H,2,12H2,1H3,(H2,18,19). The van der Waals surface area contributed by atoms with E-state index in [0.29, 0.717) is 6.42 Å². The van der Waals surface area contributed by atoms with Crippen molar-refractivity contribution in [2.45, 2.75) is 25.9 Å². The fraction of sp³-hybridized carbons (Fsp3) is 0.235. The first kappa shape index (κ1) is 14.9. The van der Waals surface area contributed by atoms with E-state index in [1.165, 1.54) is 5.56 Å². The topological polar surface area (TPSA) is 67.8 Å². The van der Waals surface area contributed by atoms with Gasteiger partial charge in [-0.3, -0.25) is 0 Å². The smallest absolute Gasteiger partial charge is 0.142 e. The molecule has 0 heterocycles. The molecule has 1 unspecified atom stereocenters. The van der Waals surface area contributed by atoms with Crippen LogP contribution in [0.25, 0.3) is 11.1 Å². The Morgan fingerprint density at radius 2 is 1.71 bits per heavy atom. The summed E-state index contributed by atoms with van der Waals surface area (Å²) in [5.74, 6) is 0.968. The summed E-state index contributed by atoms with van der Waals surface area (Å²) in [6, 6.07) is 18.1. The molecule has 0 aliphatic carbocycles. The number of oxime groups is 1. The Morgan fingerprint density at radius 3 is 2.29 bits per heavy atom. The average Bonchev–Trinajstić information content (AvgIpc) is 2.55.